The maximum atomic E-state index is 13.0. The number of aromatic nitrogens is 2. The second-order valence-corrected chi connectivity index (χ2v) is 6.82. The summed E-state index contributed by atoms with van der Waals surface area (Å²) in [6.07, 6.45) is 3.96. The first-order valence-electron chi connectivity index (χ1n) is 9.09. The van der Waals surface area contributed by atoms with Crippen LogP contribution in [0.4, 0.5) is 5.69 Å². The molecule has 0 saturated carbocycles. The Kier molecular flexibility index (Phi) is 5.18. The fourth-order valence-electron chi connectivity index (χ4n) is 3.14. The summed E-state index contributed by atoms with van der Waals surface area (Å²) in [7, 11) is 0. The largest absolute Gasteiger partial charge is 0.327 e. The molecule has 6 nitrogen and oxygen atoms in total. The summed E-state index contributed by atoms with van der Waals surface area (Å²) >= 11 is 5.38. The number of carbonyl (C=O) groups is 1. The zero-order chi connectivity index (χ0) is 20.2. The molecule has 2 aromatic carbocycles. The van der Waals surface area contributed by atoms with E-state index in [0.29, 0.717) is 29.5 Å². The number of amides is 1. The number of nitrogens with one attached hydrogen (secondary N) is 1. The van der Waals surface area contributed by atoms with Gasteiger partial charge in [-0.15, -0.1) is 0 Å². The van der Waals surface area contributed by atoms with Crippen molar-refractivity contribution in [1.82, 2.24) is 15.1 Å². The lowest BCUT2D eigenvalue weighted by atomic mass is 10.1. The molecule has 1 N–H and O–H groups in total. The van der Waals surface area contributed by atoms with Crippen molar-refractivity contribution in [3.8, 4) is 17.3 Å². The van der Waals surface area contributed by atoms with Gasteiger partial charge in [-0.2, -0.15) is 10.4 Å². The molecule has 0 spiro atoms. The molecular formula is C22H17N5OS. The molecule has 7 heteroatoms. The zero-order valence-electron chi connectivity index (χ0n) is 15.4. The van der Waals surface area contributed by atoms with Crippen LogP contribution in [-0.2, 0) is 11.3 Å². The molecule has 4 rings (SSSR count). The lowest BCUT2D eigenvalue weighted by molar-refractivity contribution is -0.113. The summed E-state index contributed by atoms with van der Waals surface area (Å²) in [6.45, 7) is 0.482. The van der Waals surface area contributed by atoms with E-state index in [4.69, 9.17) is 17.5 Å². The van der Waals surface area contributed by atoms with Crippen molar-refractivity contribution in [2.24, 2.45) is 0 Å². The van der Waals surface area contributed by atoms with Gasteiger partial charge < -0.3 is 5.32 Å². The minimum absolute atomic E-state index is 0.218. The Hall–Kier alpha value is -3.76. The van der Waals surface area contributed by atoms with Gasteiger partial charge in [-0.3, -0.25) is 14.4 Å². The highest BCUT2D eigenvalue weighted by atomic mass is 32.1. The number of nitriles is 1. The van der Waals surface area contributed by atoms with Gasteiger partial charge in [0.2, 0.25) is 0 Å². The van der Waals surface area contributed by atoms with E-state index in [1.807, 2.05) is 66.9 Å². The Labute approximate surface area is 173 Å². The maximum Gasteiger partial charge on any atom is 0.281 e. The highest BCUT2D eigenvalue weighted by Gasteiger charge is 2.32. The number of anilines is 1. The van der Waals surface area contributed by atoms with E-state index in [1.165, 1.54) is 4.90 Å². The standard InChI is InChI=1S/C22H17N5OS/c23-12-7-13-26-15-17(20(25-26)16-8-3-1-4-9-16)14-19-21(28)27(22(29)24-19)18-10-5-2-6-11-18/h1-6,8-11,14-15H,7,13H2,(H,24,29)/b19-14+. The van der Waals surface area contributed by atoms with Crippen molar-refractivity contribution in [2.75, 3.05) is 4.90 Å². The smallest absolute Gasteiger partial charge is 0.281 e. The van der Waals surface area contributed by atoms with Gasteiger partial charge in [-0.05, 0) is 30.4 Å². The van der Waals surface area contributed by atoms with Crippen molar-refractivity contribution < 1.29 is 4.79 Å². The van der Waals surface area contributed by atoms with Crippen LogP contribution in [0.1, 0.15) is 12.0 Å². The molecule has 2 heterocycles. The quantitative estimate of drug-likeness (QED) is 0.523. The first kappa shape index (κ1) is 18.6. The fourth-order valence-corrected chi connectivity index (χ4v) is 3.44. The van der Waals surface area contributed by atoms with Gasteiger partial charge in [0.25, 0.3) is 5.91 Å². The topological polar surface area (TPSA) is 74.0 Å². The summed E-state index contributed by atoms with van der Waals surface area (Å²) in [5, 5.41) is 16.8. The van der Waals surface area contributed by atoms with Gasteiger partial charge in [-0.1, -0.05) is 48.5 Å². The molecule has 1 aliphatic rings. The molecule has 0 atom stereocenters. The average molecular weight is 399 g/mol. The molecule has 0 unspecified atom stereocenters. The second kappa shape index (κ2) is 8.09. The van der Waals surface area contributed by atoms with Gasteiger partial charge in [0.05, 0.1) is 30.4 Å². The summed E-state index contributed by atoms with van der Waals surface area (Å²) in [5.41, 5.74) is 3.56. The van der Waals surface area contributed by atoms with Crippen LogP contribution in [0.5, 0.6) is 0 Å². The summed E-state index contributed by atoms with van der Waals surface area (Å²) in [4.78, 5) is 14.5. The van der Waals surface area contributed by atoms with Crippen molar-refractivity contribution in [3.63, 3.8) is 0 Å². The minimum Gasteiger partial charge on any atom is -0.327 e. The molecule has 3 aromatic rings. The Balaban J connectivity index is 1.72. The normalized spacial score (nSPS) is 14.9. The van der Waals surface area contributed by atoms with Gasteiger partial charge in [0.1, 0.15) is 5.70 Å². The van der Waals surface area contributed by atoms with Crippen molar-refractivity contribution in [2.45, 2.75) is 13.0 Å². The number of thiocarbonyl (C=S) groups is 1. The van der Waals surface area contributed by atoms with Gasteiger partial charge >= 0.3 is 0 Å². The number of rotatable bonds is 5. The first-order chi connectivity index (χ1) is 14.2. The first-order valence-corrected chi connectivity index (χ1v) is 9.50. The van der Waals surface area contributed by atoms with Crippen molar-refractivity contribution >= 4 is 35.0 Å². The lowest BCUT2D eigenvalue weighted by Gasteiger charge is -2.13. The van der Waals surface area contributed by atoms with Gasteiger partial charge in [-0.25, -0.2) is 0 Å². The van der Waals surface area contributed by atoms with Crippen molar-refractivity contribution in [1.29, 1.82) is 5.26 Å². The van der Waals surface area contributed by atoms with Crippen LogP contribution in [0.3, 0.4) is 0 Å². The number of hydrogen-bond donors (Lipinski definition) is 1. The van der Waals surface area contributed by atoms with Crippen molar-refractivity contribution in [3.05, 3.63) is 78.1 Å². The number of hydrogen-bond acceptors (Lipinski definition) is 4. The molecule has 0 radical (unpaired) electrons. The summed E-state index contributed by atoms with van der Waals surface area (Å²) < 4.78 is 1.73. The van der Waals surface area contributed by atoms with E-state index in [2.05, 4.69) is 16.5 Å². The molecule has 1 aliphatic heterocycles. The predicted molar refractivity (Wildman–Crippen MR) is 116 cm³/mol. The molecule has 1 amide bonds. The van der Waals surface area contributed by atoms with Crippen LogP contribution in [0.2, 0.25) is 0 Å². The fraction of sp³-hybridized carbons (Fsp3) is 0.0909. The summed E-state index contributed by atoms with van der Waals surface area (Å²) in [5.74, 6) is -0.218. The minimum atomic E-state index is -0.218. The Morgan fingerprint density at radius 1 is 1.10 bits per heavy atom. The third-order valence-electron chi connectivity index (χ3n) is 4.48. The van der Waals surface area contributed by atoms with Crippen LogP contribution in [0, 0.1) is 11.3 Å². The van der Waals surface area contributed by atoms with E-state index < -0.39 is 0 Å². The SMILES string of the molecule is N#CCCn1cc(/C=C2/NC(=S)N(c3ccccc3)C2=O)c(-c2ccccc2)n1. The summed E-state index contributed by atoms with van der Waals surface area (Å²) in [6, 6.07) is 21.1. The number of aryl methyl sites for hydroxylation is 1. The van der Waals surface area contributed by atoms with Crippen LogP contribution < -0.4 is 10.2 Å². The van der Waals surface area contributed by atoms with E-state index in [9.17, 15) is 4.79 Å². The van der Waals surface area contributed by atoms with Crippen LogP contribution in [0.25, 0.3) is 17.3 Å². The number of benzene rings is 2. The monoisotopic (exact) mass is 399 g/mol. The molecule has 142 valence electrons. The Morgan fingerprint density at radius 3 is 2.48 bits per heavy atom. The molecule has 1 saturated heterocycles. The van der Waals surface area contributed by atoms with Gasteiger partial charge in [0, 0.05) is 17.3 Å². The Morgan fingerprint density at radius 2 is 1.79 bits per heavy atom. The third kappa shape index (κ3) is 3.79. The van der Waals surface area contributed by atoms with Crippen LogP contribution in [-0.4, -0.2) is 20.8 Å². The number of carbonyl (C=O) groups excluding carboxylic acids is 1. The number of para-hydroxylation sites is 1. The van der Waals surface area contributed by atoms with E-state index >= 15 is 0 Å². The predicted octanol–water partition coefficient (Wildman–Crippen LogP) is 3.73. The molecular weight excluding hydrogens is 382 g/mol. The van der Waals surface area contributed by atoms with E-state index in [0.717, 1.165) is 16.8 Å². The highest BCUT2D eigenvalue weighted by Crippen LogP contribution is 2.27. The lowest BCUT2D eigenvalue weighted by Crippen LogP contribution is -2.30. The third-order valence-corrected chi connectivity index (χ3v) is 4.77. The molecule has 29 heavy (non-hydrogen) atoms. The van der Waals surface area contributed by atoms with Crippen LogP contribution in [0.15, 0.2) is 72.6 Å². The molecule has 1 fully saturated rings. The average Bonchev–Trinajstić information content (AvgIpc) is 3.28. The highest BCUT2D eigenvalue weighted by molar-refractivity contribution is 7.80. The maximum absolute atomic E-state index is 13.0. The van der Waals surface area contributed by atoms with E-state index in [1.54, 1.807) is 10.8 Å². The van der Waals surface area contributed by atoms with Gasteiger partial charge in [0.15, 0.2) is 5.11 Å². The Bertz CT molecular complexity index is 1130. The number of nitrogens with zero attached hydrogens (tertiary/aromatic N) is 4. The second-order valence-electron chi connectivity index (χ2n) is 6.43. The molecule has 0 bridgehead atoms. The van der Waals surface area contributed by atoms with E-state index in [-0.39, 0.29) is 5.91 Å². The molecule has 0 aliphatic carbocycles. The zero-order valence-corrected chi connectivity index (χ0v) is 16.3. The molecule has 1 aromatic heterocycles. The van der Waals surface area contributed by atoms with Crippen LogP contribution >= 0.6 is 12.2 Å².